The average Bonchev–Trinajstić information content (AvgIpc) is 2.86. The molecule has 1 atom stereocenters. The van der Waals surface area contributed by atoms with Gasteiger partial charge in [0.2, 0.25) is 11.8 Å². The molecule has 202 valence electrons. The number of carbonyl (C=O) groups is 2. The standard InChI is InChI=1S/C28H31Cl2N3O4S/c1-5-31-28(35)21(4)32(17-22-11-12-23(29)16-26(22)30)27(34)18-33(24-8-6-7-20(3)15-24)38(36,37)25-13-9-19(2)10-14-25/h6-16,21H,5,17-18H2,1-4H3,(H,31,35). The third-order valence-electron chi connectivity index (χ3n) is 6.05. The molecule has 0 saturated heterocycles. The smallest absolute Gasteiger partial charge is 0.264 e. The molecule has 3 aromatic rings. The Morgan fingerprint density at radius 1 is 0.947 bits per heavy atom. The van der Waals surface area contributed by atoms with Gasteiger partial charge in [0, 0.05) is 23.1 Å². The zero-order chi connectivity index (χ0) is 28.0. The van der Waals surface area contributed by atoms with E-state index in [2.05, 4.69) is 5.32 Å². The highest BCUT2D eigenvalue weighted by Gasteiger charge is 2.32. The van der Waals surface area contributed by atoms with Crippen LogP contribution in [0.15, 0.2) is 71.6 Å². The summed E-state index contributed by atoms with van der Waals surface area (Å²) in [4.78, 5) is 28.0. The van der Waals surface area contributed by atoms with Crippen LogP contribution in [0.1, 0.15) is 30.5 Å². The molecule has 1 N–H and O–H groups in total. The fourth-order valence-electron chi connectivity index (χ4n) is 3.89. The number of aryl methyl sites for hydroxylation is 2. The third-order valence-corrected chi connectivity index (χ3v) is 8.43. The Balaban J connectivity index is 2.05. The maximum Gasteiger partial charge on any atom is 0.264 e. The van der Waals surface area contributed by atoms with Crippen molar-refractivity contribution >= 4 is 50.7 Å². The molecule has 3 aromatic carbocycles. The number of likely N-dealkylation sites (N-methyl/N-ethyl adjacent to an activating group) is 1. The molecule has 10 heteroatoms. The molecule has 7 nitrogen and oxygen atoms in total. The van der Waals surface area contributed by atoms with Crippen LogP contribution < -0.4 is 9.62 Å². The number of amides is 2. The van der Waals surface area contributed by atoms with E-state index in [4.69, 9.17) is 23.2 Å². The second-order valence-electron chi connectivity index (χ2n) is 8.99. The molecule has 0 spiro atoms. The molecular formula is C28H31Cl2N3O4S. The van der Waals surface area contributed by atoms with Gasteiger partial charge in [-0.2, -0.15) is 0 Å². The minimum Gasteiger partial charge on any atom is -0.355 e. The molecule has 2 amide bonds. The molecule has 0 radical (unpaired) electrons. The van der Waals surface area contributed by atoms with Gasteiger partial charge >= 0.3 is 0 Å². The molecule has 0 aliphatic carbocycles. The number of hydrogen-bond acceptors (Lipinski definition) is 4. The van der Waals surface area contributed by atoms with E-state index < -0.39 is 28.5 Å². The summed E-state index contributed by atoms with van der Waals surface area (Å²) in [5.74, 6) is -0.929. The first kappa shape index (κ1) is 29.5. The van der Waals surface area contributed by atoms with Crippen LogP contribution >= 0.6 is 23.2 Å². The van der Waals surface area contributed by atoms with Crippen LogP contribution in [-0.2, 0) is 26.2 Å². The highest BCUT2D eigenvalue weighted by Crippen LogP contribution is 2.27. The van der Waals surface area contributed by atoms with Gasteiger partial charge in [0.1, 0.15) is 12.6 Å². The number of nitrogens with one attached hydrogen (secondary N) is 1. The number of nitrogens with zero attached hydrogens (tertiary/aromatic N) is 2. The molecule has 0 aromatic heterocycles. The number of sulfonamides is 1. The molecule has 3 rings (SSSR count). The summed E-state index contributed by atoms with van der Waals surface area (Å²) in [6, 6.07) is 17.3. The molecule has 0 fully saturated rings. The van der Waals surface area contributed by atoms with Gasteiger partial charge in [-0.05, 0) is 75.2 Å². The van der Waals surface area contributed by atoms with Gasteiger partial charge in [-0.1, -0.05) is 59.1 Å². The summed E-state index contributed by atoms with van der Waals surface area (Å²) in [7, 11) is -4.12. The van der Waals surface area contributed by atoms with Crippen molar-refractivity contribution in [1.82, 2.24) is 10.2 Å². The maximum atomic E-state index is 13.8. The summed E-state index contributed by atoms with van der Waals surface area (Å²) in [5, 5.41) is 3.49. The number of rotatable bonds is 10. The second-order valence-corrected chi connectivity index (χ2v) is 11.7. The van der Waals surface area contributed by atoms with E-state index in [1.165, 1.54) is 17.0 Å². The van der Waals surface area contributed by atoms with E-state index in [0.29, 0.717) is 27.8 Å². The maximum absolute atomic E-state index is 13.8. The van der Waals surface area contributed by atoms with Gasteiger partial charge in [0.25, 0.3) is 10.0 Å². The Kier molecular flexibility index (Phi) is 9.82. The first-order chi connectivity index (χ1) is 17.9. The van der Waals surface area contributed by atoms with E-state index in [9.17, 15) is 18.0 Å². The predicted molar refractivity (Wildman–Crippen MR) is 152 cm³/mol. The molecule has 38 heavy (non-hydrogen) atoms. The van der Waals surface area contributed by atoms with Crippen molar-refractivity contribution in [2.75, 3.05) is 17.4 Å². The van der Waals surface area contributed by atoms with Crippen molar-refractivity contribution in [3.63, 3.8) is 0 Å². The Morgan fingerprint density at radius 2 is 1.63 bits per heavy atom. The minimum absolute atomic E-state index is 0.0145. The lowest BCUT2D eigenvalue weighted by Crippen LogP contribution is -2.51. The molecule has 0 saturated carbocycles. The summed E-state index contributed by atoms with van der Waals surface area (Å²) in [6.07, 6.45) is 0. The molecule has 0 aliphatic heterocycles. The van der Waals surface area contributed by atoms with Crippen LogP contribution in [-0.4, -0.2) is 44.3 Å². The number of anilines is 1. The Hall–Kier alpha value is -3.07. The van der Waals surface area contributed by atoms with Crippen LogP contribution in [0, 0.1) is 13.8 Å². The van der Waals surface area contributed by atoms with Crippen LogP contribution in [0.4, 0.5) is 5.69 Å². The first-order valence-electron chi connectivity index (χ1n) is 12.1. The Bertz CT molecular complexity index is 1410. The van der Waals surface area contributed by atoms with Crippen molar-refractivity contribution in [3.05, 3.63) is 93.5 Å². The highest BCUT2D eigenvalue weighted by atomic mass is 35.5. The first-order valence-corrected chi connectivity index (χ1v) is 14.3. The van der Waals surface area contributed by atoms with Gasteiger partial charge in [-0.15, -0.1) is 0 Å². The van der Waals surface area contributed by atoms with Crippen molar-refractivity contribution in [3.8, 4) is 0 Å². The average molecular weight is 577 g/mol. The Labute approximate surface area is 234 Å². The van der Waals surface area contributed by atoms with Crippen LogP contribution in [0.2, 0.25) is 10.0 Å². The molecular weight excluding hydrogens is 545 g/mol. The third kappa shape index (κ3) is 7.07. The topological polar surface area (TPSA) is 86.8 Å². The zero-order valence-corrected chi connectivity index (χ0v) is 24.1. The van der Waals surface area contributed by atoms with Gasteiger partial charge in [-0.3, -0.25) is 13.9 Å². The van der Waals surface area contributed by atoms with Crippen LogP contribution in [0.3, 0.4) is 0 Å². The minimum atomic E-state index is -4.12. The van der Waals surface area contributed by atoms with Crippen molar-refractivity contribution in [1.29, 1.82) is 0 Å². The van der Waals surface area contributed by atoms with E-state index in [1.807, 2.05) is 19.9 Å². The van der Waals surface area contributed by atoms with Crippen molar-refractivity contribution in [2.45, 2.75) is 45.2 Å². The van der Waals surface area contributed by atoms with E-state index in [0.717, 1.165) is 15.4 Å². The predicted octanol–water partition coefficient (Wildman–Crippen LogP) is 5.36. The number of carbonyl (C=O) groups excluding carboxylic acids is 2. The number of hydrogen-bond donors (Lipinski definition) is 1. The van der Waals surface area contributed by atoms with Gasteiger partial charge in [0.05, 0.1) is 10.6 Å². The Morgan fingerprint density at radius 3 is 2.24 bits per heavy atom. The number of benzene rings is 3. The zero-order valence-electron chi connectivity index (χ0n) is 21.7. The lowest BCUT2D eigenvalue weighted by atomic mass is 10.1. The van der Waals surface area contributed by atoms with Gasteiger partial charge in [-0.25, -0.2) is 8.42 Å². The normalized spacial score (nSPS) is 12.1. The SMILES string of the molecule is CCNC(=O)C(C)N(Cc1ccc(Cl)cc1Cl)C(=O)CN(c1cccc(C)c1)S(=O)(=O)c1ccc(C)cc1. The largest absolute Gasteiger partial charge is 0.355 e. The van der Waals surface area contributed by atoms with Gasteiger partial charge in [0.15, 0.2) is 0 Å². The number of halogens is 2. The van der Waals surface area contributed by atoms with Crippen LogP contribution in [0.5, 0.6) is 0 Å². The quantitative estimate of drug-likeness (QED) is 0.352. The molecule has 0 heterocycles. The molecule has 0 aliphatic rings. The molecule has 0 bridgehead atoms. The fraction of sp³-hybridized carbons (Fsp3) is 0.286. The van der Waals surface area contributed by atoms with Crippen molar-refractivity contribution < 1.29 is 18.0 Å². The monoisotopic (exact) mass is 575 g/mol. The summed E-state index contributed by atoms with van der Waals surface area (Å²) in [6.45, 7) is 6.92. The summed E-state index contributed by atoms with van der Waals surface area (Å²) in [5.41, 5.74) is 2.65. The van der Waals surface area contributed by atoms with Gasteiger partial charge < -0.3 is 10.2 Å². The second kappa shape index (κ2) is 12.7. The van der Waals surface area contributed by atoms with E-state index in [-0.39, 0.29) is 17.3 Å². The van der Waals surface area contributed by atoms with Crippen molar-refractivity contribution in [2.24, 2.45) is 0 Å². The van der Waals surface area contributed by atoms with E-state index in [1.54, 1.807) is 62.4 Å². The van der Waals surface area contributed by atoms with E-state index >= 15 is 0 Å². The summed E-state index contributed by atoms with van der Waals surface area (Å²) >= 11 is 12.4. The summed E-state index contributed by atoms with van der Waals surface area (Å²) < 4.78 is 28.7. The fourth-order valence-corrected chi connectivity index (χ4v) is 5.76. The lowest BCUT2D eigenvalue weighted by Gasteiger charge is -2.32. The highest BCUT2D eigenvalue weighted by molar-refractivity contribution is 7.92. The lowest BCUT2D eigenvalue weighted by molar-refractivity contribution is -0.139. The van der Waals surface area contributed by atoms with Crippen LogP contribution in [0.25, 0.3) is 0 Å². The molecule has 1 unspecified atom stereocenters.